The summed E-state index contributed by atoms with van der Waals surface area (Å²) < 4.78 is 5.84. The fourth-order valence-electron chi connectivity index (χ4n) is 6.49. The average Bonchev–Trinajstić information content (AvgIpc) is 2.92. The quantitative estimate of drug-likeness (QED) is 0.172. The minimum Gasteiger partial charge on any atom is -0.513 e. The lowest BCUT2D eigenvalue weighted by Gasteiger charge is -2.33. The molecule has 6 atom stereocenters. The summed E-state index contributed by atoms with van der Waals surface area (Å²) in [6, 6.07) is 0. The zero-order valence-electron chi connectivity index (χ0n) is 26.1. The van der Waals surface area contributed by atoms with E-state index >= 15 is 0 Å². The number of methoxy groups -OCH3 is 1. The van der Waals surface area contributed by atoms with Gasteiger partial charge in [-0.15, -0.1) is 6.58 Å². The molecule has 3 heteroatoms. The van der Waals surface area contributed by atoms with Crippen molar-refractivity contribution in [1.82, 2.24) is 0 Å². The number of rotatable bonds is 14. The van der Waals surface area contributed by atoms with Crippen molar-refractivity contribution in [2.24, 2.45) is 23.7 Å². The molecule has 218 valence electrons. The van der Waals surface area contributed by atoms with Gasteiger partial charge < -0.3 is 14.9 Å². The zero-order valence-corrected chi connectivity index (χ0v) is 26.1. The predicted molar refractivity (Wildman–Crippen MR) is 168 cm³/mol. The van der Waals surface area contributed by atoms with E-state index in [9.17, 15) is 10.2 Å². The van der Waals surface area contributed by atoms with E-state index in [0.29, 0.717) is 24.0 Å². The minimum absolute atomic E-state index is 0.0792. The molecule has 0 heterocycles. The molecule has 0 aromatic rings. The maximum atomic E-state index is 10.5. The van der Waals surface area contributed by atoms with Gasteiger partial charge in [-0.25, -0.2) is 0 Å². The maximum Gasteiger partial charge on any atom is 0.0884 e. The summed E-state index contributed by atoms with van der Waals surface area (Å²) in [6.07, 6.45) is 15.7. The van der Waals surface area contributed by atoms with Crippen molar-refractivity contribution in [2.45, 2.75) is 112 Å². The SMILES string of the molecule is C=CC(C(=C)CCC/C(C1=C(C)CCC(OC)C1)=C(/C)C(C)C1CC=CC(C)=C1C)C(/C=C(/O)CC)[C@H](C)O. The Hall–Kier alpha value is -2.10. The molecule has 0 saturated carbocycles. The number of aliphatic hydroxyl groups excluding tert-OH is 2. The smallest absolute Gasteiger partial charge is 0.0884 e. The summed E-state index contributed by atoms with van der Waals surface area (Å²) in [5.41, 5.74) is 10.0. The molecule has 0 saturated heterocycles. The molecule has 39 heavy (non-hydrogen) atoms. The van der Waals surface area contributed by atoms with Gasteiger partial charge in [0.25, 0.3) is 0 Å². The third-order valence-electron chi connectivity index (χ3n) is 9.55. The summed E-state index contributed by atoms with van der Waals surface area (Å²) in [7, 11) is 1.84. The van der Waals surface area contributed by atoms with Crippen LogP contribution in [0.25, 0.3) is 0 Å². The molecule has 0 radical (unpaired) electrons. The topological polar surface area (TPSA) is 49.7 Å². The van der Waals surface area contributed by atoms with Gasteiger partial charge in [-0.05, 0) is 109 Å². The normalized spacial score (nSPS) is 24.3. The molecule has 3 nitrogen and oxygen atoms in total. The number of hydrogen-bond acceptors (Lipinski definition) is 3. The first-order chi connectivity index (χ1) is 18.5. The fourth-order valence-corrected chi connectivity index (χ4v) is 6.49. The Morgan fingerprint density at radius 1 is 1.21 bits per heavy atom. The molecular weight excluding hydrogens is 480 g/mol. The molecule has 2 aliphatic rings. The summed E-state index contributed by atoms with van der Waals surface area (Å²) >= 11 is 0. The van der Waals surface area contributed by atoms with Crippen molar-refractivity contribution >= 4 is 0 Å². The van der Waals surface area contributed by atoms with Crippen molar-refractivity contribution in [2.75, 3.05) is 7.11 Å². The Morgan fingerprint density at radius 2 is 1.90 bits per heavy atom. The van der Waals surface area contributed by atoms with Gasteiger partial charge in [-0.1, -0.05) is 66.5 Å². The number of allylic oxidation sites excluding steroid dienone is 10. The molecule has 0 bridgehead atoms. The lowest BCUT2D eigenvalue weighted by molar-refractivity contribution is 0.0914. The van der Waals surface area contributed by atoms with Crippen molar-refractivity contribution in [1.29, 1.82) is 0 Å². The lowest BCUT2D eigenvalue weighted by Crippen LogP contribution is -2.24. The van der Waals surface area contributed by atoms with Crippen LogP contribution in [0.2, 0.25) is 0 Å². The molecular formula is C36H56O3. The molecule has 5 unspecified atom stereocenters. The molecule has 0 aromatic carbocycles. The number of ether oxygens (including phenoxy) is 1. The van der Waals surface area contributed by atoms with Crippen LogP contribution < -0.4 is 0 Å². The molecule has 0 spiro atoms. The maximum absolute atomic E-state index is 10.5. The third kappa shape index (κ3) is 8.69. The average molecular weight is 537 g/mol. The van der Waals surface area contributed by atoms with Crippen LogP contribution in [0.4, 0.5) is 0 Å². The van der Waals surface area contributed by atoms with E-state index in [-0.39, 0.29) is 17.9 Å². The highest BCUT2D eigenvalue weighted by Crippen LogP contribution is 2.41. The van der Waals surface area contributed by atoms with Gasteiger partial charge in [0.05, 0.1) is 18.0 Å². The molecule has 2 N–H and O–H groups in total. The molecule has 2 rings (SSSR count). The highest BCUT2D eigenvalue weighted by atomic mass is 16.5. The van der Waals surface area contributed by atoms with E-state index in [1.54, 1.807) is 13.0 Å². The Labute approximate surface area is 239 Å². The van der Waals surface area contributed by atoms with Gasteiger partial charge in [0.1, 0.15) is 0 Å². The Bertz CT molecular complexity index is 1020. The first-order valence-electron chi connectivity index (χ1n) is 15.1. The highest BCUT2D eigenvalue weighted by molar-refractivity contribution is 5.42. The van der Waals surface area contributed by atoms with E-state index in [1.165, 1.54) is 33.4 Å². The first-order valence-corrected chi connectivity index (χ1v) is 15.1. The van der Waals surface area contributed by atoms with Crippen LogP contribution in [0.1, 0.15) is 99.8 Å². The van der Waals surface area contributed by atoms with Crippen molar-refractivity contribution < 1.29 is 14.9 Å². The van der Waals surface area contributed by atoms with Gasteiger partial charge in [-0.2, -0.15) is 0 Å². The van der Waals surface area contributed by atoms with E-state index in [0.717, 1.165) is 50.5 Å². The second kappa shape index (κ2) is 15.6. The summed E-state index contributed by atoms with van der Waals surface area (Å²) in [5.74, 6) is 1.01. The number of aliphatic hydroxyl groups is 2. The molecule has 2 aliphatic carbocycles. The Kier molecular flexibility index (Phi) is 13.3. The second-order valence-electron chi connectivity index (χ2n) is 12.0. The van der Waals surface area contributed by atoms with Crippen LogP contribution in [0.5, 0.6) is 0 Å². The van der Waals surface area contributed by atoms with Gasteiger partial charge in [0, 0.05) is 25.4 Å². The molecule has 0 amide bonds. The minimum atomic E-state index is -0.595. The highest BCUT2D eigenvalue weighted by Gasteiger charge is 2.28. The fraction of sp³-hybridized carbons (Fsp3) is 0.611. The molecule has 0 fully saturated rings. The summed E-state index contributed by atoms with van der Waals surface area (Å²) in [6.45, 7) is 23.8. The van der Waals surface area contributed by atoms with Crippen molar-refractivity contribution in [3.8, 4) is 0 Å². The third-order valence-corrected chi connectivity index (χ3v) is 9.55. The second-order valence-corrected chi connectivity index (χ2v) is 12.0. The van der Waals surface area contributed by atoms with Crippen molar-refractivity contribution in [3.63, 3.8) is 0 Å². The molecule has 0 aromatic heterocycles. The molecule has 0 aliphatic heterocycles. The van der Waals surface area contributed by atoms with Gasteiger partial charge in [0.2, 0.25) is 0 Å². The predicted octanol–water partition coefficient (Wildman–Crippen LogP) is 9.74. The van der Waals surface area contributed by atoms with Crippen LogP contribution >= 0.6 is 0 Å². The van der Waals surface area contributed by atoms with Crippen molar-refractivity contribution in [3.05, 3.63) is 82.2 Å². The Balaban J connectivity index is 2.34. The first kappa shape index (κ1) is 33.1. The summed E-state index contributed by atoms with van der Waals surface area (Å²) in [5, 5.41) is 20.7. The Morgan fingerprint density at radius 3 is 2.49 bits per heavy atom. The van der Waals surface area contributed by atoms with Gasteiger partial charge in [-0.3, -0.25) is 0 Å². The largest absolute Gasteiger partial charge is 0.513 e. The van der Waals surface area contributed by atoms with Crippen LogP contribution in [-0.4, -0.2) is 29.5 Å². The van der Waals surface area contributed by atoms with Crippen LogP contribution in [0.15, 0.2) is 82.2 Å². The monoisotopic (exact) mass is 536 g/mol. The van der Waals surface area contributed by atoms with E-state index in [4.69, 9.17) is 4.74 Å². The lowest BCUT2D eigenvalue weighted by atomic mass is 9.73. The number of hydrogen-bond donors (Lipinski definition) is 2. The van der Waals surface area contributed by atoms with Gasteiger partial charge >= 0.3 is 0 Å². The van der Waals surface area contributed by atoms with E-state index in [2.05, 4.69) is 59.9 Å². The van der Waals surface area contributed by atoms with Gasteiger partial charge in [0.15, 0.2) is 0 Å². The zero-order chi connectivity index (χ0) is 29.3. The van der Waals surface area contributed by atoms with E-state index in [1.807, 2.05) is 20.1 Å². The van der Waals surface area contributed by atoms with Crippen LogP contribution in [-0.2, 0) is 4.74 Å². The van der Waals surface area contributed by atoms with Crippen LogP contribution in [0, 0.1) is 23.7 Å². The van der Waals surface area contributed by atoms with Crippen LogP contribution in [0.3, 0.4) is 0 Å². The standard InChI is InChI=1S/C36H56O3/c1-11-30(38)21-36(29(9)37)32(12-2)24(4)16-14-18-34(35-22-31(39-10)20-19-25(35)5)28(8)27(7)33-17-13-15-23(3)26(33)6/h12-13,15,21,27,29,31-33,36-38H,2,4,11,14,16-20,22H2,1,3,5-10H3/b30-21+,34-28+/t27?,29-,31?,32?,33?,36?/m0/s1. The summed E-state index contributed by atoms with van der Waals surface area (Å²) in [4.78, 5) is 0. The van der Waals surface area contributed by atoms with E-state index < -0.39 is 6.10 Å².